The number of carbonyl (C=O) groups excluding carboxylic acids is 2. The lowest BCUT2D eigenvalue weighted by Gasteiger charge is -2.14. The van der Waals surface area contributed by atoms with Crippen LogP contribution in [0.25, 0.3) is 0 Å². The highest BCUT2D eigenvalue weighted by molar-refractivity contribution is 5.72. The van der Waals surface area contributed by atoms with Crippen LogP contribution in [0.1, 0.15) is 66.7 Å². The first-order valence-electron chi connectivity index (χ1n) is 7.66. The number of rotatable bonds is 10. The summed E-state index contributed by atoms with van der Waals surface area (Å²) in [6, 6.07) is 0. The summed E-state index contributed by atoms with van der Waals surface area (Å²) in [5.41, 5.74) is 0. The Balaban J connectivity index is 3.64. The Morgan fingerprint density at radius 1 is 0.850 bits per heavy atom. The fourth-order valence-corrected chi connectivity index (χ4v) is 1.62. The van der Waals surface area contributed by atoms with Gasteiger partial charge in [0.05, 0.1) is 12.7 Å². The van der Waals surface area contributed by atoms with Crippen LogP contribution in [0.15, 0.2) is 0 Å². The maximum atomic E-state index is 11.6. The molecule has 0 aliphatic rings. The van der Waals surface area contributed by atoms with Crippen molar-refractivity contribution in [3.63, 3.8) is 0 Å². The van der Waals surface area contributed by atoms with Crippen molar-refractivity contribution in [3.05, 3.63) is 0 Å². The first-order chi connectivity index (χ1) is 9.31. The maximum absolute atomic E-state index is 11.6. The van der Waals surface area contributed by atoms with Crippen molar-refractivity contribution in [2.45, 2.75) is 72.8 Å². The summed E-state index contributed by atoms with van der Waals surface area (Å²) in [5, 5.41) is 0. The van der Waals surface area contributed by atoms with Gasteiger partial charge in [-0.3, -0.25) is 9.59 Å². The molecule has 4 nitrogen and oxygen atoms in total. The minimum atomic E-state index is -0.237. The molecule has 0 saturated heterocycles. The molecule has 0 radical (unpaired) electrons. The Hall–Kier alpha value is -1.06. The van der Waals surface area contributed by atoms with Crippen molar-refractivity contribution in [1.29, 1.82) is 0 Å². The Morgan fingerprint density at radius 3 is 2.00 bits per heavy atom. The molecule has 0 aromatic carbocycles. The Morgan fingerprint density at radius 2 is 1.45 bits per heavy atom. The summed E-state index contributed by atoms with van der Waals surface area (Å²) >= 11 is 0. The van der Waals surface area contributed by atoms with E-state index in [0.717, 1.165) is 12.8 Å². The van der Waals surface area contributed by atoms with Gasteiger partial charge in [-0.15, -0.1) is 0 Å². The number of hydrogen-bond donors (Lipinski definition) is 0. The second-order valence-corrected chi connectivity index (χ2v) is 6.20. The van der Waals surface area contributed by atoms with Crippen LogP contribution in [-0.2, 0) is 19.1 Å². The summed E-state index contributed by atoms with van der Waals surface area (Å²) in [6.07, 6.45) is 2.95. The molecule has 20 heavy (non-hydrogen) atoms. The van der Waals surface area contributed by atoms with E-state index in [1.54, 1.807) is 0 Å². The third-order valence-electron chi connectivity index (χ3n) is 2.82. The minimum Gasteiger partial charge on any atom is -0.465 e. The average molecular weight is 286 g/mol. The second kappa shape index (κ2) is 10.7. The van der Waals surface area contributed by atoms with Crippen LogP contribution in [0.5, 0.6) is 0 Å². The lowest BCUT2D eigenvalue weighted by molar-refractivity contribution is -0.149. The first kappa shape index (κ1) is 18.9. The second-order valence-electron chi connectivity index (χ2n) is 6.20. The van der Waals surface area contributed by atoms with Crippen molar-refractivity contribution in [1.82, 2.24) is 0 Å². The van der Waals surface area contributed by atoms with Crippen LogP contribution < -0.4 is 0 Å². The highest BCUT2D eigenvalue weighted by Gasteiger charge is 2.11. The monoisotopic (exact) mass is 286 g/mol. The van der Waals surface area contributed by atoms with E-state index in [9.17, 15) is 9.59 Å². The number of hydrogen-bond acceptors (Lipinski definition) is 4. The van der Waals surface area contributed by atoms with Crippen LogP contribution in [0, 0.1) is 11.8 Å². The zero-order valence-corrected chi connectivity index (χ0v) is 13.6. The highest BCUT2D eigenvalue weighted by Crippen LogP contribution is 2.10. The SMILES string of the molecule is CC(C)CCC(C)OC(=O)CCCC(=O)OCC(C)C. The maximum Gasteiger partial charge on any atom is 0.306 e. The Bertz CT molecular complexity index is 284. The van der Waals surface area contributed by atoms with E-state index in [1.165, 1.54) is 0 Å². The van der Waals surface area contributed by atoms with Gasteiger partial charge in [-0.05, 0) is 38.0 Å². The van der Waals surface area contributed by atoms with Crippen molar-refractivity contribution < 1.29 is 19.1 Å². The standard InChI is InChI=1S/C16H30O4/c1-12(2)9-10-14(5)20-16(18)8-6-7-15(17)19-11-13(3)4/h12-14H,6-11H2,1-5H3. The van der Waals surface area contributed by atoms with Gasteiger partial charge in [-0.1, -0.05) is 27.7 Å². The van der Waals surface area contributed by atoms with Gasteiger partial charge < -0.3 is 9.47 Å². The predicted molar refractivity (Wildman–Crippen MR) is 79.3 cm³/mol. The molecule has 0 heterocycles. The molecule has 0 amide bonds. The molecule has 0 spiro atoms. The van der Waals surface area contributed by atoms with E-state index in [4.69, 9.17) is 9.47 Å². The summed E-state index contributed by atoms with van der Waals surface area (Å²) in [6.45, 7) is 10.6. The highest BCUT2D eigenvalue weighted by atomic mass is 16.5. The fourth-order valence-electron chi connectivity index (χ4n) is 1.62. The van der Waals surface area contributed by atoms with Crippen LogP contribution in [0.4, 0.5) is 0 Å². The van der Waals surface area contributed by atoms with Gasteiger partial charge in [0.2, 0.25) is 0 Å². The third kappa shape index (κ3) is 12.0. The molecule has 1 atom stereocenters. The first-order valence-corrected chi connectivity index (χ1v) is 7.66. The number of esters is 2. The zero-order chi connectivity index (χ0) is 15.5. The summed E-state index contributed by atoms with van der Waals surface area (Å²) in [7, 11) is 0. The molecule has 4 heteroatoms. The molecule has 118 valence electrons. The van der Waals surface area contributed by atoms with Gasteiger partial charge in [0.1, 0.15) is 0 Å². The van der Waals surface area contributed by atoms with Crippen LogP contribution in [-0.4, -0.2) is 24.6 Å². The molecule has 0 aromatic rings. The van der Waals surface area contributed by atoms with E-state index in [-0.39, 0.29) is 30.9 Å². The molecule has 0 rings (SSSR count). The van der Waals surface area contributed by atoms with E-state index in [0.29, 0.717) is 24.9 Å². The zero-order valence-electron chi connectivity index (χ0n) is 13.6. The molecule has 0 aliphatic carbocycles. The molecular weight excluding hydrogens is 256 g/mol. The van der Waals surface area contributed by atoms with Crippen LogP contribution >= 0.6 is 0 Å². The van der Waals surface area contributed by atoms with Crippen molar-refractivity contribution in [2.24, 2.45) is 11.8 Å². The lowest BCUT2D eigenvalue weighted by atomic mass is 10.1. The van der Waals surface area contributed by atoms with E-state index in [2.05, 4.69) is 13.8 Å². The van der Waals surface area contributed by atoms with Gasteiger partial charge >= 0.3 is 11.9 Å². The lowest BCUT2D eigenvalue weighted by Crippen LogP contribution is -2.16. The van der Waals surface area contributed by atoms with Crippen molar-refractivity contribution >= 4 is 11.9 Å². The van der Waals surface area contributed by atoms with E-state index in [1.807, 2.05) is 20.8 Å². The Labute approximate surface area is 123 Å². The summed E-state index contributed by atoms with van der Waals surface area (Å²) in [4.78, 5) is 22.9. The molecule has 0 N–H and O–H groups in total. The normalized spacial score (nSPS) is 12.6. The number of carbonyl (C=O) groups is 2. The molecule has 1 unspecified atom stereocenters. The van der Waals surface area contributed by atoms with Crippen LogP contribution in [0.2, 0.25) is 0 Å². The smallest absolute Gasteiger partial charge is 0.306 e. The van der Waals surface area contributed by atoms with Gasteiger partial charge in [-0.2, -0.15) is 0 Å². The predicted octanol–water partition coefficient (Wildman–Crippen LogP) is 3.72. The number of ether oxygens (including phenoxy) is 2. The van der Waals surface area contributed by atoms with E-state index >= 15 is 0 Å². The van der Waals surface area contributed by atoms with Gasteiger partial charge in [0.15, 0.2) is 0 Å². The molecule has 0 fully saturated rings. The quantitative estimate of drug-likeness (QED) is 0.574. The molecule has 0 saturated carbocycles. The van der Waals surface area contributed by atoms with Crippen LogP contribution in [0.3, 0.4) is 0 Å². The van der Waals surface area contributed by atoms with E-state index < -0.39 is 0 Å². The van der Waals surface area contributed by atoms with Gasteiger partial charge in [-0.25, -0.2) is 0 Å². The molecule has 0 aromatic heterocycles. The molecular formula is C16H30O4. The van der Waals surface area contributed by atoms with Gasteiger partial charge in [0, 0.05) is 12.8 Å². The average Bonchev–Trinajstić information content (AvgIpc) is 2.33. The molecule has 0 aliphatic heterocycles. The van der Waals surface area contributed by atoms with Crippen molar-refractivity contribution in [3.8, 4) is 0 Å². The van der Waals surface area contributed by atoms with Crippen molar-refractivity contribution in [2.75, 3.05) is 6.61 Å². The molecule has 0 bridgehead atoms. The minimum absolute atomic E-state index is 0.0437. The summed E-state index contributed by atoms with van der Waals surface area (Å²) in [5.74, 6) is 0.495. The fraction of sp³-hybridized carbons (Fsp3) is 0.875. The summed E-state index contributed by atoms with van der Waals surface area (Å²) < 4.78 is 10.3. The third-order valence-corrected chi connectivity index (χ3v) is 2.82. The largest absolute Gasteiger partial charge is 0.465 e. The Kier molecular flexibility index (Phi) is 10.1. The topological polar surface area (TPSA) is 52.6 Å². The van der Waals surface area contributed by atoms with Gasteiger partial charge in [0.25, 0.3) is 0 Å².